The minimum Gasteiger partial charge on any atom is -0.366 e. The van der Waals surface area contributed by atoms with Crippen LogP contribution in [0.2, 0.25) is 0 Å². The van der Waals surface area contributed by atoms with Gasteiger partial charge in [-0.2, -0.15) is 4.98 Å². The molecule has 122 valence electrons. The first-order valence-corrected chi connectivity index (χ1v) is 8.46. The normalized spacial score (nSPS) is 18.1. The van der Waals surface area contributed by atoms with E-state index in [0.29, 0.717) is 41.7 Å². The van der Waals surface area contributed by atoms with Gasteiger partial charge < -0.3 is 15.2 Å². The third-order valence-electron chi connectivity index (χ3n) is 3.95. The van der Waals surface area contributed by atoms with Crippen LogP contribution in [0, 0.1) is 0 Å². The lowest BCUT2D eigenvalue weighted by atomic mass is 9.97. The van der Waals surface area contributed by atoms with E-state index in [0.717, 1.165) is 12.8 Å². The summed E-state index contributed by atoms with van der Waals surface area (Å²) < 4.78 is 5.16. The molecule has 1 aliphatic rings. The number of primary amides is 1. The summed E-state index contributed by atoms with van der Waals surface area (Å²) in [6.07, 6.45) is 2.53. The molecule has 0 aromatic carbocycles. The molecule has 7 nitrogen and oxygen atoms in total. The lowest BCUT2D eigenvalue weighted by Gasteiger charge is -2.30. The highest BCUT2D eigenvalue weighted by molar-refractivity contribution is 7.12. The molecule has 1 aliphatic heterocycles. The first-order valence-electron chi connectivity index (χ1n) is 7.58. The molecule has 0 spiro atoms. The molecule has 1 saturated heterocycles. The number of aryl methyl sites for hydroxylation is 1. The van der Waals surface area contributed by atoms with Gasteiger partial charge in [-0.05, 0) is 18.9 Å². The molecule has 8 heteroatoms. The quantitative estimate of drug-likeness (QED) is 0.918. The van der Waals surface area contributed by atoms with Crippen LogP contribution in [0.25, 0.3) is 0 Å². The first-order chi connectivity index (χ1) is 11.1. The molecule has 0 radical (unpaired) electrons. The Hall–Kier alpha value is -2.22. The van der Waals surface area contributed by atoms with E-state index < -0.39 is 5.91 Å². The second kappa shape index (κ2) is 6.49. The van der Waals surface area contributed by atoms with Crippen LogP contribution < -0.4 is 5.73 Å². The highest BCUT2D eigenvalue weighted by atomic mass is 32.1. The first kappa shape index (κ1) is 15.7. The van der Waals surface area contributed by atoms with E-state index in [-0.39, 0.29) is 11.8 Å². The Morgan fingerprint density at radius 1 is 1.52 bits per heavy atom. The number of piperidine rings is 1. The molecule has 2 amide bonds. The highest BCUT2D eigenvalue weighted by Gasteiger charge is 2.29. The number of hydrogen-bond acceptors (Lipinski definition) is 6. The van der Waals surface area contributed by atoms with Crippen LogP contribution in [0.1, 0.15) is 57.4 Å². The van der Waals surface area contributed by atoms with Crippen molar-refractivity contribution < 1.29 is 14.1 Å². The van der Waals surface area contributed by atoms with Crippen LogP contribution in [0.4, 0.5) is 0 Å². The second-order valence-electron chi connectivity index (χ2n) is 5.55. The third kappa shape index (κ3) is 3.26. The van der Waals surface area contributed by atoms with Gasteiger partial charge in [-0.3, -0.25) is 9.59 Å². The zero-order valence-electron chi connectivity index (χ0n) is 12.8. The molecular weight excluding hydrogens is 316 g/mol. The van der Waals surface area contributed by atoms with Crippen LogP contribution in [0.5, 0.6) is 0 Å². The van der Waals surface area contributed by atoms with Crippen LogP contribution in [0.15, 0.2) is 16.0 Å². The maximum absolute atomic E-state index is 12.6. The monoisotopic (exact) mass is 334 g/mol. The fraction of sp³-hybridized carbons (Fsp3) is 0.467. The van der Waals surface area contributed by atoms with E-state index in [1.807, 2.05) is 6.92 Å². The molecule has 2 N–H and O–H groups in total. The molecule has 3 heterocycles. The fourth-order valence-electron chi connectivity index (χ4n) is 2.68. The van der Waals surface area contributed by atoms with E-state index >= 15 is 0 Å². The van der Waals surface area contributed by atoms with Gasteiger partial charge in [0.05, 0.1) is 10.4 Å². The Morgan fingerprint density at radius 3 is 3.00 bits per heavy atom. The standard InChI is InChI=1S/C15H18N4O3S/c1-2-12-17-14(18-22-12)9-4-3-5-19(7-9)15(21)11-6-10(8-23-11)13(16)20/h6,8-9H,2-5,7H2,1H3,(H2,16,20)/t9-/m1/s1. The molecule has 2 aromatic heterocycles. The zero-order valence-corrected chi connectivity index (χ0v) is 13.6. The summed E-state index contributed by atoms with van der Waals surface area (Å²) in [5, 5.41) is 5.64. The number of nitrogens with zero attached hydrogens (tertiary/aromatic N) is 3. The number of amides is 2. The molecular formula is C15H18N4O3S. The smallest absolute Gasteiger partial charge is 0.263 e. The Bertz CT molecular complexity index is 724. The highest BCUT2D eigenvalue weighted by Crippen LogP contribution is 2.27. The zero-order chi connectivity index (χ0) is 16.4. The lowest BCUT2D eigenvalue weighted by molar-refractivity contribution is 0.0708. The largest absolute Gasteiger partial charge is 0.366 e. The van der Waals surface area contributed by atoms with Gasteiger partial charge >= 0.3 is 0 Å². The van der Waals surface area contributed by atoms with E-state index in [1.165, 1.54) is 11.3 Å². The Balaban J connectivity index is 1.72. The summed E-state index contributed by atoms with van der Waals surface area (Å²) in [5.41, 5.74) is 5.61. The topological polar surface area (TPSA) is 102 Å². The molecule has 1 atom stereocenters. The van der Waals surface area contributed by atoms with Gasteiger partial charge in [-0.1, -0.05) is 12.1 Å². The van der Waals surface area contributed by atoms with Crippen molar-refractivity contribution >= 4 is 23.2 Å². The Labute approximate surface area is 137 Å². The summed E-state index contributed by atoms with van der Waals surface area (Å²) in [4.78, 5) is 30.4. The maximum Gasteiger partial charge on any atom is 0.263 e. The second-order valence-corrected chi connectivity index (χ2v) is 6.47. The molecule has 0 saturated carbocycles. The van der Waals surface area contributed by atoms with Gasteiger partial charge in [0.1, 0.15) is 0 Å². The van der Waals surface area contributed by atoms with Gasteiger partial charge in [0.25, 0.3) is 5.91 Å². The minimum atomic E-state index is -0.518. The Kier molecular flexibility index (Phi) is 4.42. The summed E-state index contributed by atoms with van der Waals surface area (Å²) in [6, 6.07) is 1.56. The van der Waals surface area contributed by atoms with Gasteiger partial charge in [-0.25, -0.2) is 0 Å². The molecule has 3 rings (SSSR count). The molecule has 1 fully saturated rings. The van der Waals surface area contributed by atoms with E-state index in [9.17, 15) is 9.59 Å². The van der Waals surface area contributed by atoms with Crippen molar-refractivity contribution in [1.82, 2.24) is 15.0 Å². The number of rotatable bonds is 4. The number of hydrogen-bond donors (Lipinski definition) is 1. The van der Waals surface area contributed by atoms with Gasteiger partial charge in [0, 0.05) is 30.8 Å². The fourth-order valence-corrected chi connectivity index (χ4v) is 3.55. The van der Waals surface area contributed by atoms with Crippen molar-refractivity contribution in [1.29, 1.82) is 0 Å². The minimum absolute atomic E-state index is 0.0774. The molecule has 23 heavy (non-hydrogen) atoms. The predicted molar refractivity (Wildman–Crippen MR) is 84.4 cm³/mol. The Morgan fingerprint density at radius 2 is 2.35 bits per heavy atom. The van der Waals surface area contributed by atoms with Crippen molar-refractivity contribution in [3.63, 3.8) is 0 Å². The summed E-state index contributed by atoms with van der Waals surface area (Å²) in [5.74, 6) is 0.783. The third-order valence-corrected chi connectivity index (χ3v) is 4.87. The van der Waals surface area contributed by atoms with Crippen LogP contribution in [-0.4, -0.2) is 39.9 Å². The summed E-state index contributed by atoms with van der Waals surface area (Å²) in [6.45, 7) is 3.21. The lowest BCUT2D eigenvalue weighted by Crippen LogP contribution is -2.39. The average Bonchev–Trinajstić information content (AvgIpc) is 3.23. The van der Waals surface area contributed by atoms with Gasteiger partial charge in [0.2, 0.25) is 11.8 Å². The van der Waals surface area contributed by atoms with E-state index in [4.69, 9.17) is 10.3 Å². The summed E-state index contributed by atoms with van der Waals surface area (Å²) >= 11 is 1.24. The van der Waals surface area contributed by atoms with Crippen molar-refractivity contribution in [2.45, 2.75) is 32.1 Å². The van der Waals surface area contributed by atoms with Gasteiger partial charge in [-0.15, -0.1) is 11.3 Å². The maximum atomic E-state index is 12.6. The predicted octanol–water partition coefficient (Wildman–Crippen LogP) is 1.81. The summed E-state index contributed by atoms with van der Waals surface area (Å²) in [7, 11) is 0. The van der Waals surface area contributed by atoms with Crippen molar-refractivity contribution in [3.8, 4) is 0 Å². The average molecular weight is 334 g/mol. The van der Waals surface area contributed by atoms with Crippen molar-refractivity contribution in [2.24, 2.45) is 5.73 Å². The van der Waals surface area contributed by atoms with Crippen molar-refractivity contribution in [3.05, 3.63) is 33.6 Å². The number of likely N-dealkylation sites (tertiary alicyclic amines) is 1. The van der Waals surface area contributed by atoms with Crippen LogP contribution in [0.3, 0.4) is 0 Å². The molecule has 0 aliphatic carbocycles. The molecule has 0 unspecified atom stereocenters. The van der Waals surface area contributed by atoms with E-state index in [2.05, 4.69) is 10.1 Å². The van der Waals surface area contributed by atoms with Gasteiger partial charge in [0.15, 0.2) is 5.82 Å². The molecule has 0 bridgehead atoms. The molecule has 2 aromatic rings. The number of carbonyl (C=O) groups is 2. The number of aromatic nitrogens is 2. The van der Waals surface area contributed by atoms with Crippen LogP contribution >= 0.6 is 11.3 Å². The number of nitrogens with two attached hydrogens (primary N) is 1. The number of thiophene rings is 1. The van der Waals surface area contributed by atoms with Crippen molar-refractivity contribution in [2.75, 3.05) is 13.1 Å². The number of carbonyl (C=O) groups excluding carboxylic acids is 2. The van der Waals surface area contributed by atoms with E-state index in [1.54, 1.807) is 16.3 Å². The van der Waals surface area contributed by atoms with Crippen LogP contribution in [-0.2, 0) is 6.42 Å². The SMILES string of the molecule is CCc1nc([C@@H]2CCCN(C(=O)c3cc(C(N)=O)cs3)C2)no1.